The summed E-state index contributed by atoms with van der Waals surface area (Å²) in [6, 6.07) is 23.5. The van der Waals surface area contributed by atoms with E-state index in [4.69, 9.17) is 14.3 Å². The van der Waals surface area contributed by atoms with Gasteiger partial charge in [-0.2, -0.15) is 0 Å². The second kappa shape index (κ2) is 7.17. The highest BCUT2D eigenvalue weighted by Crippen LogP contribution is 2.29. The minimum atomic E-state index is -0.965. The number of para-hydroxylation sites is 1. The van der Waals surface area contributed by atoms with Gasteiger partial charge in [0, 0.05) is 11.1 Å². The van der Waals surface area contributed by atoms with E-state index in [1.807, 2.05) is 54.6 Å². The smallest absolute Gasteiger partial charge is 0.335 e. The van der Waals surface area contributed by atoms with Crippen LogP contribution in [0.2, 0.25) is 0 Å². The fraction of sp³-hybridized carbons (Fsp3) is 0. The molecule has 1 N–H and O–H groups in total. The summed E-state index contributed by atoms with van der Waals surface area (Å²) in [5, 5.41) is 8.97. The predicted molar refractivity (Wildman–Crippen MR) is 101 cm³/mol. The number of rotatable bonds is 5. The number of hydrogen-bond donors (Lipinski definition) is 1. The third-order valence-electron chi connectivity index (χ3n) is 4.00. The molecule has 3 aromatic carbocycles. The molecule has 5 heteroatoms. The first-order chi connectivity index (χ1) is 13.2. The Bertz CT molecular complexity index is 1050. The molecule has 0 unspecified atom stereocenters. The lowest BCUT2D eigenvalue weighted by molar-refractivity contribution is 0.0697. The van der Waals surface area contributed by atoms with Gasteiger partial charge in [0.1, 0.15) is 11.5 Å². The molecular weight excluding hydrogens is 342 g/mol. The second-order valence-electron chi connectivity index (χ2n) is 5.85. The Labute approximate surface area is 155 Å². The van der Waals surface area contributed by atoms with Gasteiger partial charge in [0.15, 0.2) is 5.76 Å². The lowest BCUT2D eigenvalue weighted by Gasteiger charge is -2.05. The number of carboxylic acids is 1. The molecule has 4 aromatic rings. The van der Waals surface area contributed by atoms with E-state index in [0.717, 1.165) is 22.6 Å². The predicted octanol–water partition coefficient (Wildman–Crippen LogP) is 5.50. The Balaban J connectivity index is 1.52. The zero-order valence-electron chi connectivity index (χ0n) is 14.2. The average Bonchev–Trinajstić information content (AvgIpc) is 3.20. The number of nitrogens with zero attached hydrogens (tertiary/aromatic N) is 1. The lowest BCUT2D eigenvalue weighted by atomic mass is 10.1. The largest absolute Gasteiger partial charge is 0.478 e. The molecule has 1 aromatic heterocycles. The highest BCUT2D eigenvalue weighted by Gasteiger charge is 2.10. The van der Waals surface area contributed by atoms with Crippen molar-refractivity contribution in [2.75, 3.05) is 0 Å². The second-order valence-corrected chi connectivity index (χ2v) is 5.85. The monoisotopic (exact) mass is 357 g/mol. The third-order valence-corrected chi connectivity index (χ3v) is 4.00. The Morgan fingerprint density at radius 2 is 1.44 bits per heavy atom. The van der Waals surface area contributed by atoms with E-state index >= 15 is 0 Å². The number of ether oxygens (including phenoxy) is 1. The molecule has 0 amide bonds. The van der Waals surface area contributed by atoms with Gasteiger partial charge in [-0.25, -0.2) is 9.78 Å². The first-order valence-electron chi connectivity index (χ1n) is 8.32. The molecule has 0 radical (unpaired) electrons. The third kappa shape index (κ3) is 3.72. The van der Waals surface area contributed by atoms with Crippen LogP contribution in [0.25, 0.3) is 22.8 Å². The number of hydrogen-bond acceptors (Lipinski definition) is 4. The van der Waals surface area contributed by atoms with Crippen LogP contribution in [-0.4, -0.2) is 16.1 Å². The van der Waals surface area contributed by atoms with Crippen LogP contribution >= 0.6 is 0 Å². The Morgan fingerprint density at radius 1 is 0.815 bits per heavy atom. The molecule has 0 saturated carbocycles. The van der Waals surface area contributed by atoms with Gasteiger partial charge >= 0.3 is 5.97 Å². The number of aromatic nitrogens is 1. The fourth-order valence-corrected chi connectivity index (χ4v) is 2.61. The molecule has 0 spiro atoms. The normalized spacial score (nSPS) is 10.5. The Kier molecular flexibility index (Phi) is 4.41. The van der Waals surface area contributed by atoms with Crippen LogP contribution in [0, 0.1) is 0 Å². The number of carbonyl (C=O) groups is 1. The summed E-state index contributed by atoms with van der Waals surface area (Å²) in [7, 11) is 0. The first kappa shape index (κ1) is 16.6. The van der Waals surface area contributed by atoms with Gasteiger partial charge in [-0.05, 0) is 60.7 Å². The van der Waals surface area contributed by atoms with E-state index in [1.165, 1.54) is 12.1 Å². The fourth-order valence-electron chi connectivity index (χ4n) is 2.61. The number of benzene rings is 3. The molecular formula is C22H15NO4. The van der Waals surface area contributed by atoms with E-state index in [-0.39, 0.29) is 5.56 Å². The molecule has 0 saturated heterocycles. The SMILES string of the molecule is O=C(O)c1ccc(-c2ncc(-c3ccc(Oc4ccccc4)cc3)o2)cc1. The van der Waals surface area contributed by atoms with Gasteiger partial charge in [-0.3, -0.25) is 0 Å². The van der Waals surface area contributed by atoms with Crippen molar-refractivity contribution in [2.24, 2.45) is 0 Å². The first-order valence-corrected chi connectivity index (χ1v) is 8.32. The Morgan fingerprint density at radius 3 is 2.11 bits per heavy atom. The molecule has 0 aliphatic carbocycles. The molecule has 5 nitrogen and oxygen atoms in total. The molecule has 0 bridgehead atoms. The number of oxazole rings is 1. The van der Waals surface area contributed by atoms with Crippen molar-refractivity contribution in [3.8, 4) is 34.3 Å². The van der Waals surface area contributed by atoms with Gasteiger partial charge in [0.25, 0.3) is 0 Å². The van der Waals surface area contributed by atoms with Crippen LogP contribution in [0.3, 0.4) is 0 Å². The van der Waals surface area contributed by atoms with E-state index in [1.54, 1.807) is 18.3 Å². The molecule has 27 heavy (non-hydrogen) atoms. The van der Waals surface area contributed by atoms with Crippen LogP contribution in [0.5, 0.6) is 11.5 Å². The minimum absolute atomic E-state index is 0.222. The van der Waals surface area contributed by atoms with Crippen LogP contribution in [0.4, 0.5) is 0 Å². The van der Waals surface area contributed by atoms with Gasteiger partial charge in [0.2, 0.25) is 5.89 Å². The van der Waals surface area contributed by atoms with Crippen molar-refractivity contribution in [1.29, 1.82) is 0 Å². The number of carboxylic acid groups (broad SMARTS) is 1. The summed E-state index contributed by atoms with van der Waals surface area (Å²) < 4.78 is 11.6. The maximum Gasteiger partial charge on any atom is 0.335 e. The maximum absolute atomic E-state index is 10.9. The van der Waals surface area contributed by atoms with Gasteiger partial charge in [-0.1, -0.05) is 18.2 Å². The molecule has 0 atom stereocenters. The summed E-state index contributed by atoms with van der Waals surface area (Å²) in [5.41, 5.74) is 1.81. The van der Waals surface area contributed by atoms with Crippen LogP contribution < -0.4 is 4.74 Å². The van der Waals surface area contributed by atoms with Crippen molar-refractivity contribution < 1.29 is 19.1 Å². The summed E-state index contributed by atoms with van der Waals surface area (Å²) in [5.74, 6) is 1.60. The molecule has 0 aliphatic heterocycles. The molecule has 1 heterocycles. The van der Waals surface area contributed by atoms with Gasteiger partial charge < -0.3 is 14.3 Å². The van der Waals surface area contributed by atoms with E-state index in [9.17, 15) is 4.79 Å². The van der Waals surface area contributed by atoms with E-state index in [0.29, 0.717) is 11.7 Å². The van der Waals surface area contributed by atoms with Crippen molar-refractivity contribution in [2.45, 2.75) is 0 Å². The van der Waals surface area contributed by atoms with Crippen LogP contribution in [-0.2, 0) is 0 Å². The summed E-state index contributed by atoms with van der Waals surface area (Å²) in [6.45, 7) is 0. The van der Waals surface area contributed by atoms with Crippen molar-refractivity contribution in [1.82, 2.24) is 4.98 Å². The Hall–Kier alpha value is -3.86. The maximum atomic E-state index is 10.9. The minimum Gasteiger partial charge on any atom is -0.478 e. The van der Waals surface area contributed by atoms with Gasteiger partial charge in [-0.15, -0.1) is 0 Å². The summed E-state index contributed by atoms with van der Waals surface area (Å²) >= 11 is 0. The average molecular weight is 357 g/mol. The van der Waals surface area contributed by atoms with Crippen molar-refractivity contribution >= 4 is 5.97 Å². The highest BCUT2D eigenvalue weighted by atomic mass is 16.5. The van der Waals surface area contributed by atoms with Gasteiger partial charge in [0.05, 0.1) is 11.8 Å². The van der Waals surface area contributed by atoms with Crippen LogP contribution in [0.15, 0.2) is 89.5 Å². The van der Waals surface area contributed by atoms with Crippen LogP contribution in [0.1, 0.15) is 10.4 Å². The lowest BCUT2D eigenvalue weighted by Crippen LogP contribution is -1.94. The quantitative estimate of drug-likeness (QED) is 0.511. The zero-order valence-corrected chi connectivity index (χ0v) is 14.2. The molecule has 132 valence electrons. The van der Waals surface area contributed by atoms with E-state index < -0.39 is 5.97 Å². The molecule has 0 fully saturated rings. The highest BCUT2D eigenvalue weighted by molar-refractivity contribution is 5.88. The van der Waals surface area contributed by atoms with Crippen molar-refractivity contribution in [3.05, 3.63) is 90.6 Å². The molecule has 4 rings (SSSR count). The number of aromatic carboxylic acids is 1. The molecule has 0 aliphatic rings. The summed E-state index contributed by atoms with van der Waals surface area (Å²) in [6.07, 6.45) is 1.65. The summed E-state index contributed by atoms with van der Waals surface area (Å²) in [4.78, 5) is 15.2. The van der Waals surface area contributed by atoms with Crippen molar-refractivity contribution in [3.63, 3.8) is 0 Å². The topological polar surface area (TPSA) is 72.6 Å². The van der Waals surface area contributed by atoms with E-state index in [2.05, 4.69) is 4.98 Å². The standard InChI is InChI=1S/C22H15NO4/c24-22(25)17-8-6-16(7-9-17)21-23-14-20(27-21)15-10-12-19(13-11-15)26-18-4-2-1-3-5-18/h1-14H,(H,24,25). The zero-order chi connectivity index (χ0) is 18.6.